The zero-order valence-corrected chi connectivity index (χ0v) is 12.4. The summed E-state index contributed by atoms with van der Waals surface area (Å²) in [5.74, 6) is -0.350. The van der Waals surface area contributed by atoms with Gasteiger partial charge in [-0.3, -0.25) is 4.57 Å². The van der Waals surface area contributed by atoms with E-state index in [0.717, 1.165) is 10.2 Å². The number of imidazole rings is 1. The van der Waals surface area contributed by atoms with Crippen molar-refractivity contribution < 1.29 is 4.39 Å². The Labute approximate surface area is 127 Å². The van der Waals surface area contributed by atoms with Crippen LogP contribution in [-0.4, -0.2) is 9.55 Å². The van der Waals surface area contributed by atoms with Crippen molar-refractivity contribution in [1.82, 2.24) is 9.55 Å². The van der Waals surface area contributed by atoms with Crippen LogP contribution >= 0.6 is 28.1 Å². The number of rotatable bonds is 1. The molecule has 98 valence electrons. The van der Waals surface area contributed by atoms with Crippen molar-refractivity contribution in [2.75, 3.05) is 0 Å². The van der Waals surface area contributed by atoms with Gasteiger partial charge in [-0.05, 0) is 58.5 Å². The summed E-state index contributed by atoms with van der Waals surface area (Å²) in [6.07, 6.45) is 0. The standard InChI is InChI=1S/C14H7BrFN3S/c15-9-6-8(7-17)4-5-11(9)19-12-3-1-2-10(16)13(12)18-14(19)20/h1-6H,(H,18,20). The van der Waals surface area contributed by atoms with E-state index in [4.69, 9.17) is 17.5 Å². The highest BCUT2D eigenvalue weighted by molar-refractivity contribution is 9.10. The first kappa shape index (κ1) is 13.0. The third-order valence-corrected chi connectivity index (χ3v) is 3.91. The number of nitriles is 1. The quantitative estimate of drug-likeness (QED) is 0.660. The zero-order chi connectivity index (χ0) is 14.3. The van der Waals surface area contributed by atoms with E-state index in [1.807, 2.05) is 0 Å². The van der Waals surface area contributed by atoms with E-state index >= 15 is 0 Å². The van der Waals surface area contributed by atoms with Gasteiger partial charge in [-0.2, -0.15) is 5.26 Å². The molecular weight excluding hydrogens is 341 g/mol. The van der Waals surface area contributed by atoms with Crippen molar-refractivity contribution in [1.29, 1.82) is 5.26 Å². The van der Waals surface area contributed by atoms with E-state index in [1.165, 1.54) is 6.07 Å². The zero-order valence-electron chi connectivity index (χ0n) is 10.0. The second-order valence-electron chi connectivity index (χ2n) is 4.18. The summed E-state index contributed by atoms with van der Waals surface area (Å²) in [5, 5.41) is 8.89. The highest BCUT2D eigenvalue weighted by Gasteiger charge is 2.12. The number of fused-ring (bicyclic) bond motifs is 1. The monoisotopic (exact) mass is 347 g/mol. The lowest BCUT2D eigenvalue weighted by Gasteiger charge is -2.07. The third-order valence-electron chi connectivity index (χ3n) is 2.99. The molecule has 0 aliphatic carbocycles. The first-order valence-electron chi connectivity index (χ1n) is 5.71. The van der Waals surface area contributed by atoms with Crippen LogP contribution in [0.2, 0.25) is 0 Å². The number of halogens is 2. The summed E-state index contributed by atoms with van der Waals surface area (Å²) in [6.45, 7) is 0. The summed E-state index contributed by atoms with van der Waals surface area (Å²) in [5.41, 5.74) is 2.32. The average Bonchev–Trinajstić information content (AvgIpc) is 2.77. The van der Waals surface area contributed by atoms with E-state index in [9.17, 15) is 4.39 Å². The van der Waals surface area contributed by atoms with E-state index in [-0.39, 0.29) is 5.82 Å². The lowest BCUT2D eigenvalue weighted by Crippen LogP contribution is -1.95. The maximum absolute atomic E-state index is 13.8. The Bertz CT molecular complexity index is 920. The van der Waals surface area contributed by atoms with Gasteiger partial charge in [0.2, 0.25) is 0 Å². The molecule has 0 amide bonds. The third kappa shape index (κ3) is 1.96. The molecule has 3 rings (SSSR count). The van der Waals surface area contributed by atoms with Crippen LogP contribution < -0.4 is 0 Å². The van der Waals surface area contributed by atoms with Crippen LogP contribution in [0.3, 0.4) is 0 Å². The normalized spacial score (nSPS) is 10.7. The Hall–Kier alpha value is -1.97. The van der Waals surface area contributed by atoms with Crippen LogP contribution in [0.5, 0.6) is 0 Å². The molecule has 0 bridgehead atoms. The first-order chi connectivity index (χ1) is 9.61. The fourth-order valence-corrected chi connectivity index (χ4v) is 2.95. The Kier molecular flexibility index (Phi) is 3.16. The number of hydrogen-bond acceptors (Lipinski definition) is 2. The van der Waals surface area contributed by atoms with Crippen LogP contribution in [0.15, 0.2) is 40.9 Å². The maximum atomic E-state index is 13.8. The van der Waals surface area contributed by atoms with Gasteiger partial charge in [0.15, 0.2) is 4.77 Å². The van der Waals surface area contributed by atoms with E-state index in [1.54, 1.807) is 34.9 Å². The fourth-order valence-electron chi connectivity index (χ4n) is 2.09. The average molecular weight is 348 g/mol. The van der Waals surface area contributed by atoms with Gasteiger partial charge < -0.3 is 4.98 Å². The molecule has 0 radical (unpaired) electrons. The number of aromatic nitrogens is 2. The molecule has 0 saturated heterocycles. The molecular formula is C14H7BrFN3S. The molecule has 2 aromatic carbocycles. The number of benzene rings is 2. The number of hydrogen-bond donors (Lipinski definition) is 1. The minimum Gasteiger partial charge on any atom is -0.328 e. The smallest absolute Gasteiger partial charge is 0.182 e. The number of aromatic amines is 1. The molecule has 0 spiro atoms. The molecule has 1 heterocycles. The van der Waals surface area contributed by atoms with Crippen molar-refractivity contribution in [2.24, 2.45) is 0 Å². The van der Waals surface area contributed by atoms with E-state index in [0.29, 0.717) is 21.4 Å². The van der Waals surface area contributed by atoms with Gasteiger partial charge in [0.05, 0.1) is 22.8 Å². The molecule has 0 fully saturated rings. The van der Waals surface area contributed by atoms with E-state index < -0.39 is 0 Å². The summed E-state index contributed by atoms with van der Waals surface area (Å²) in [4.78, 5) is 2.87. The predicted molar refractivity (Wildman–Crippen MR) is 80.8 cm³/mol. The lowest BCUT2D eigenvalue weighted by atomic mass is 10.2. The number of nitrogens with zero attached hydrogens (tertiary/aromatic N) is 2. The van der Waals surface area contributed by atoms with E-state index in [2.05, 4.69) is 27.0 Å². The number of H-pyrrole nitrogens is 1. The highest BCUT2D eigenvalue weighted by Crippen LogP contribution is 2.27. The Morgan fingerprint density at radius 3 is 2.80 bits per heavy atom. The molecule has 1 aromatic heterocycles. The van der Waals surface area contributed by atoms with Gasteiger partial charge in [-0.1, -0.05) is 6.07 Å². The fraction of sp³-hybridized carbons (Fsp3) is 0. The topological polar surface area (TPSA) is 44.5 Å². The first-order valence-corrected chi connectivity index (χ1v) is 6.91. The second-order valence-corrected chi connectivity index (χ2v) is 5.42. The Morgan fingerprint density at radius 1 is 1.30 bits per heavy atom. The summed E-state index contributed by atoms with van der Waals surface area (Å²) in [6, 6.07) is 12.0. The highest BCUT2D eigenvalue weighted by atomic mass is 79.9. The van der Waals surface area contributed by atoms with Crippen molar-refractivity contribution in [3.8, 4) is 11.8 Å². The van der Waals surface area contributed by atoms with Crippen molar-refractivity contribution >= 4 is 39.2 Å². The van der Waals surface area contributed by atoms with Gasteiger partial charge in [-0.25, -0.2) is 4.39 Å². The minimum absolute atomic E-state index is 0.350. The Balaban J connectivity index is 2.36. The molecule has 3 nitrogen and oxygen atoms in total. The van der Waals surface area contributed by atoms with Crippen molar-refractivity contribution in [2.45, 2.75) is 0 Å². The predicted octanol–water partition coefficient (Wildman–Crippen LogP) is 4.46. The van der Waals surface area contributed by atoms with Crippen LogP contribution in [0, 0.1) is 21.9 Å². The van der Waals surface area contributed by atoms with Gasteiger partial charge in [-0.15, -0.1) is 0 Å². The molecule has 0 unspecified atom stereocenters. The molecule has 1 N–H and O–H groups in total. The summed E-state index contributed by atoms with van der Waals surface area (Å²) >= 11 is 8.69. The van der Waals surface area contributed by atoms with Crippen molar-refractivity contribution in [3.05, 3.63) is 57.0 Å². The maximum Gasteiger partial charge on any atom is 0.182 e. The van der Waals surface area contributed by atoms with Gasteiger partial charge in [0, 0.05) is 4.47 Å². The SMILES string of the molecule is N#Cc1ccc(-n2c(=S)[nH]c3c(F)cccc32)c(Br)c1. The van der Waals surface area contributed by atoms with Crippen molar-refractivity contribution in [3.63, 3.8) is 0 Å². The molecule has 0 saturated carbocycles. The minimum atomic E-state index is -0.350. The second kappa shape index (κ2) is 4.85. The van der Waals surface area contributed by atoms with Gasteiger partial charge in [0.1, 0.15) is 11.3 Å². The molecule has 3 aromatic rings. The number of para-hydroxylation sites is 1. The molecule has 0 atom stereocenters. The van der Waals surface area contributed by atoms with Crippen LogP contribution in [0.4, 0.5) is 4.39 Å². The van der Waals surface area contributed by atoms with Crippen LogP contribution in [-0.2, 0) is 0 Å². The Morgan fingerprint density at radius 2 is 2.10 bits per heavy atom. The number of nitrogens with one attached hydrogen (secondary N) is 1. The molecule has 6 heteroatoms. The summed E-state index contributed by atoms with van der Waals surface area (Å²) < 4.78 is 16.6. The molecule has 0 aliphatic rings. The van der Waals surface area contributed by atoms with Crippen LogP contribution in [0.25, 0.3) is 16.7 Å². The molecule has 0 aliphatic heterocycles. The van der Waals surface area contributed by atoms with Crippen LogP contribution in [0.1, 0.15) is 5.56 Å². The lowest BCUT2D eigenvalue weighted by molar-refractivity contribution is 0.637. The largest absolute Gasteiger partial charge is 0.328 e. The van der Waals surface area contributed by atoms with Gasteiger partial charge in [0.25, 0.3) is 0 Å². The van der Waals surface area contributed by atoms with Gasteiger partial charge >= 0.3 is 0 Å². The summed E-state index contributed by atoms with van der Waals surface area (Å²) in [7, 11) is 0. The molecule has 20 heavy (non-hydrogen) atoms.